The number of nitrogens with zero attached hydrogens (tertiary/aromatic N) is 2. The predicted molar refractivity (Wildman–Crippen MR) is 140 cm³/mol. The second kappa shape index (κ2) is 12.0. The number of esters is 2. The normalized spacial score (nSPS) is 19.6. The van der Waals surface area contributed by atoms with Crippen molar-refractivity contribution in [3.05, 3.63) is 98.4 Å². The highest BCUT2D eigenvalue weighted by Crippen LogP contribution is 2.40. The van der Waals surface area contributed by atoms with Gasteiger partial charge in [0.1, 0.15) is 6.10 Å². The lowest BCUT2D eigenvalue weighted by Crippen LogP contribution is -2.34. The van der Waals surface area contributed by atoms with Crippen LogP contribution in [0.4, 0.5) is 5.69 Å². The minimum absolute atomic E-state index is 0. The number of hydrogen-bond acceptors (Lipinski definition) is 8. The number of carbonyl (C=O) groups is 2. The Hall–Kier alpha value is -3.69. The van der Waals surface area contributed by atoms with Crippen LogP contribution in [0, 0.1) is 10.1 Å². The van der Waals surface area contributed by atoms with Crippen molar-refractivity contribution in [1.29, 1.82) is 0 Å². The molecule has 1 saturated heterocycles. The summed E-state index contributed by atoms with van der Waals surface area (Å²) < 4.78 is 10.9. The molecule has 1 unspecified atom stereocenters. The molecule has 2 aromatic carbocycles. The molecule has 9 nitrogen and oxygen atoms in total. The van der Waals surface area contributed by atoms with E-state index in [0.29, 0.717) is 29.9 Å². The molecular formula is C27H30ClN3O6. The van der Waals surface area contributed by atoms with Gasteiger partial charge in [0.05, 0.1) is 29.1 Å². The van der Waals surface area contributed by atoms with E-state index in [2.05, 4.69) is 22.3 Å². The van der Waals surface area contributed by atoms with Crippen LogP contribution in [0.2, 0.25) is 0 Å². The summed E-state index contributed by atoms with van der Waals surface area (Å²) in [7, 11) is 1.26. The van der Waals surface area contributed by atoms with Crippen molar-refractivity contribution in [3.8, 4) is 0 Å². The maximum Gasteiger partial charge on any atom is 0.337 e. The number of non-ortho nitro benzene ring substituents is 1. The Kier molecular flexibility index (Phi) is 9.07. The van der Waals surface area contributed by atoms with Crippen LogP contribution in [0.25, 0.3) is 0 Å². The number of ether oxygens (including phenoxy) is 2. The van der Waals surface area contributed by atoms with Gasteiger partial charge in [0.25, 0.3) is 5.69 Å². The molecule has 4 rings (SSSR count). The van der Waals surface area contributed by atoms with E-state index in [1.807, 2.05) is 18.2 Å². The van der Waals surface area contributed by atoms with E-state index in [4.69, 9.17) is 9.47 Å². The summed E-state index contributed by atoms with van der Waals surface area (Å²) in [6, 6.07) is 16.0. The minimum Gasteiger partial charge on any atom is -0.466 e. The van der Waals surface area contributed by atoms with Crippen LogP contribution in [0.5, 0.6) is 0 Å². The van der Waals surface area contributed by atoms with Gasteiger partial charge >= 0.3 is 11.9 Å². The average Bonchev–Trinajstić information content (AvgIpc) is 3.30. The summed E-state index contributed by atoms with van der Waals surface area (Å²) in [4.78, 5) is 39.5. The van der Waals surface area contributed by atoms with Crippen molar-refractivity contribution < 1.29 is 24.0 Å². The molecule has 37 heavy (non-hydrogen) atoms. The Balaban J connectivity index is 0.00000380. The topological polar surface area (TPSA) is 111 Å². The van der Waals surface area contributed by atoms with Crippen molar-refractivity contribution in [2.75, 3.05) is 20.2 Å². The van der Waals surface area contributed by atoms with Gasteiger partial charge in [-0.15, -0.1) is 12.4 Å². The number of halogens is 1. The first kappa shape index (κ1) is 27.9. The number of carbonyl (C=O) groups excluding carboxylic acids is 2. The van der Waals surface area contributed by atoms with Gasteiger partial charge in [-0.1, -0.05) is 42.5 Å². The van der Waals surface area contributed by atoms with Crippen molar-refractivity contribution >= 4 is 30.0 Å². The van der Waals surface area contributed by atoms with Gasteiger partial charge in [0.15, 0.2) is 0 Å². The number of methoxy groups -OCH3 is 1. The Morgan fingerprint density at radius 2 is 1.73 bits per heavy atom. The highest BCUT2D eigenvalue weighted by Gasteiger charge is 2.39. The molecule has 2 aromatic rings. The number of dihydropyridines is 1. The van der Waals surface area contributed by atoms with Gasteiger partial charge in [-0.05, 0) is 31.4 Å². The van der Waals surface area contributed by atoms with Crippen LogP contribution < -0.4 is 5.32 Å². The zero-order chi connectivity index (χ0) is 25.8. The van der Waals surface area contributed by atoms with Crippen molar-refractivity contribution in [3.63, 3.8) is 0 Å². The third-order valence-electron chi connectivity index (χ3n) is 6.55. The maximum atomic E-state index is 13.5. The zero-order valence-electron chi connectivity index (χ0n) is 20.9. The fraction of sp³-hybridized carbons (Fsp3) is 0.333. The molecule has 2 aliphatic heterocycles. The van der Waals surface area contributed by atoms with E-state index in [1.165, 1.54) is 30.9 Å². The third-order valence-corrected chi connectivity index (χ3v) is 6.55. The Bertz CT molecular complexity index is 1240. The first-order chi connectivity index (χ1) is 17.3. The molecule has 10 heteroatoms. The number of nitro benzene ring substituents is 1. The van der Waals surface area contributed by atoms with E-state index in [9.17, 15) is 19.7 Å². The van der Waals surface area contributed by atoms with Gasteiger partial charge in [-0.25, -0.2) is 9.59 Å². The fourth-order valence-corrected chi connectivity index (χ4v) is 4.89. The smallest absolute Gasteiger partial charge is 0.337 e. The Labute approximate surface area is 221 Å². The number of hydrogen-bond donors (Lipinski definition) is 1. The van der Waals surface area contributed by atoms with Crippen LogP contribution in [-0.4, -0.2) is 48.1 Å². The average molecular weight is 528 g/mol. The first-order valence-corrected chi connectivity index (χ1v) is 11.8. The summed E-state index contributed by atoms with van der Waals surface area (Å²) in [5, 5.41) is 14.5. The Morgan fingerprint density at radius 3 is 2.38 bits per heavy atom. The fourth-order valence-electron chi connectivity index (χ4n) is 4.89. The van der Waals surface area contributed by atoms with Crippen molar-refractivity contribution in [1.82, 2.24) is 10.2 Å². The summed E-state index contributed by atoms with van der Waals surface area (Å²) in [6.07, 6.45) is 0.388. The van der Waals surface area contributed by atoms with E-state index in [1.54, 1.807) is 19.9 Å². The number of rotatable bonds is 7. The number of nitro groups is 1. The molecule has 0 aliphatic carbocycles. The lowest BCUT2D eigenvalue weighted by Gasteiger charge is -2.30. The van der Waals surface area contributed by atoms with Crippen LogP contribution in [0.3, 0.4) is 0 Å². The summed E-state index contributed by atoms with van der Waals surface area (Å²) >= 11 is 0. The molecule has 0 amide bonds. The quantitative estimate of drug-likeness (QED) is 0.323. The van der Waals surface area contributed by atoms with E-state index in [0.717, 1.165) is 13.1 Å². The molecule has 0 spiro atoms. The van der Waals surface area contributed by atoms with Gasteiger partial charge in [-0.2, -0.15) is 0 Å². The molecule has 2 atom stereocenters. The van der Waals surface area contributed by atoms with Gasteiger partial charge < -0.3 is 14.8 Å². The molecule has 2 aliphatic rings. The van der Waals surface area contributed by atoms with E-state index in [-0.39, 0.29) is 35.3 Å². The van der Waals surface area contributed by atoms with Gasteiger partial charge in [-0.3, -0.25) is 15.0 Å². The van der Waals surface area contributed by atoms with Crippen LogP contribution in [0.1, 0.15) is 37.3 Å². The minimum atomic E-state index is -0.868. The van der Waals surface area contributed by atoms with Crippen molar-refractivity contribution in [2.45, 2.75) is 38.8 Å². The number of allylic oxidation sites excluding steroid dienone is 2. The van der Waals surface area contributed by atoms with Gasteiger partial charge in [0.2, 0.25) is 0 Å². The molecule has 0 aromatic heterocycles. The van der Waals surface area contributed by atoms with E-state index >= 15 is 0 Å². The summed E-state index contributed by atoms with van der Waals surface area (Å²) in [5.41, 5.74) is 2.99. The zero-order valence-corrected chi connectivity index (χ0v) is 21.7. The second-order valence-electron chi connectivity index (χ2n) is 9.02. The molecule has 0 radical (unpaired) electrons. The van der Waals surface area contributed by atoms with Crippen LogP contribution in [-0.2, 0) is 25.6 Å². The van der Waals surface area contributed by atoms with Crippen LogP contribution >= 0.6 is 12.4 Å². The molecule has 1 N–H and O–H groups in total. The highest BCUT2D eigenvalue weighted by molar-refractivity contribution is 6.00. The summed E-state index contributed by atoms with van der Waals surface area (Å²) in [5.74, 6) is -2.05. The number of likely N-dealkylation sites (tertiary alicyclic amines) is 1. The number of nitrogens with one attached hydrogen (secondary N) is 1. The SMILES string of the molecule is COC(=O)C1=C(C)NC(C)=C(C(=O)OC2CCN(Cc3ccccc3)C2)[C@H]1c1cccc([N+](=O)[O-])c1.Cl. The maximum absolute atomic E-state index is 13.5. The van der Waals surface area contributed by atoms with E-state index < -0.39 is 22.8 Å². The molecule has 0 saturated carbocycles. The van der Waals surface area contributed by atoms with Crippen LogP contribution in [0.15, 0.2) is 77.1 Å². The lowest BCUT2D eigenvalue weighted by atomic mass is 9.80. The Morgan fingerprint density at radius 1 is 1.05 bits per heavy atom. The molecular weight excluding hydrogens is 498 g/mol. The van der Waals surface area contributed by atoms with Gasteiger partial charge in [0, 0.05) is 43.2 Å². The molecule has 2 heterocycles. The number of benzene rings is 2. The summed E-state index contributed by atoms with van der Waals surface area (Å²) in [6.45, 7) is 5.60. The standard InChI is InChI=1S/C27H29N3O6.ClH/c1-17-23(26(31)35-3)25(20-10-7-11-21(14-20)30(33)34)24(18(2)28-17)27(32)36-22-12-13-29(16-22)15-19-8-5-4-6-9-19;/h4-11,14,22,25,28H,12-13,15-16H2,1-3H3;1H/t22?,25-;/m0./s1. The third kappa shape index (κ3) is 6.18. The largest absolute Gasteiger partial charge is 0.466 e. The molecule has 0 bridgehead atoms. The highest BCUT2D eigenvalue weighted by atomic mass is 35.5. The molecule has 1 fully saturated rings. The van der Waals surface area contributed by atoms with Crippen molar-refractivity contribution in [2.24, 2.45) is 0 Å². The first-order valence-electron chi connectivity index (χ1n) is 11.8. The predicted octanol–water partition coefficient (Wildman–Crippen LogP) is 4.24. The molecule has 196 valence electrons. The second-order valence-corrected chi connectivity index (χ2v) is 9.02. The monoisotopic (exact) mass is 527 g/mol. The lowest BCUT2D eigenvalue weighted by molar-refractivity contribution is -0.384.